The Bertz CT molecular complexity index is 838. The Morgan fingerprint density at radius 1 is 1.34 bits per heavy atom. The first kappa shape index (κ1) is 20.1. The van der Waals surface area contributed by atoms with Gasteiger partial charge in [-0.25, -0.2) is 4.39 Å². The third-order valence-corrected chi connectivity index (χ3v) is 6.89. The molecule has 0 aliphatic carbocycles. The summed E-state index contributed by atoms with van der Waals surface area (Å²) >= 11 is 1.42. The molecule has 29 heavy (non-hydrogen) atoms. The minimum Gasteiger partial charge on any atom is -0.352 e. The summed E-state index contributed by atoms with van der Waals surface area (Å²) in [4.78, 5) is 27.0. The third-order valence-electron chi connectivity index (χ3n) is 5.73. The van der Waals surface area contributed by atoms with Gasteiger partial charge in [-0.2, -0.15) is 0 Å². The summed E-state index contributed by atoms with van der Waals surface area (Å²) in [6, 6.07) is 6.42. The highest BCUT2D eigenvalue weighted by molar-refractivity contribution is 8.04. The second kappa shape index (κ2) is 8.69. The molecule has 3 N–H and O–H groups in total. The van der Waals surface area contributed by atoms with E-state index in [1.54, 1.807) is 24.3 Å². The number of fused-ring (bicyclic) bond motifs is 1. The molecule has 6 nitrogen and oxygen atoms in total. The van der Waals surface area contributed by atoms with Gasteiger partial charge in [-0.05, 0) is 29.9 Å². The molecule has 1 aromatic rings. The van der Waals surface area contributed by atoms with E-state index in [1.807, 2.05) is 5.41 Å². The first-order valence-electron chi connectivity index (χ1n) is 9.88. The molecule has 0 spiro atoms. The van der Waals surface area contributed by atoms with E-state index in [9.17, 15) is 14.0 Å². The Hall–Kier alpha value is -2.16. The minimum atomic E-state index is -0.324. The van der Waals surface area contributed by atoms with Gasteiger partial charge in [0.2, 0.25) is 11.8 Å². The standard InChI is InChI=1S/C21H25FN4O2S/c1-2-9-23-19(27)13-7-10-26(11-8-13)21-24-17-15(12-29-18(17)20(28)25-21)14-5-3-4-6-16(14)22/h2-6,12-13,17-18,21,24H,1,7-11H2,(H,23,27)(H,25,28). The SMILES string of the molecule is C=CCNC(=O)C1CCN(C2NC(=O)C3SC=C(c4ccccc4F)C3N2)CC1. The lowest BCUT2D eigenvalue weighted by atomic mass is 9.94. The number of nitrogens with one attached hydrogen (secondary N) is 3. The van der Waals surface area contributed by atoms with Gasteiger partial charge >= 0.3 is 0 Å². The molecule has 8 heteroatoms. The zero-order valence-corrected chi connectivity index (χ0v) is 16.9. The van der Waals surface area contributed by atoms with E-state index in [0.717, 1.165) is 18.4 Å². The van der Waals surface area contributed by atoms with E-state index in [-0.39, 0.29) is 41.1 Å². The average Bonchev–Trinajstić information content (AvgIpc) is 3.17. The Kier molecular flexibility index (Phi) is 6.03. The average molecular weight is 417 g/mol. The Morgan fingerprint density at radius 3 is 2.83 bits per heavy atom. The number of amides is 2. The van der Waals surface area contributed by atoms with Gasteiger partial charge in [0.05, 0.1) is 6.04 Å². The summed E-state index contributed by atoms with van der Waals surface area (Å²) in [6.45, 7) is 5.50. The molecule has 2 amide bonds. The third kappa shape index (κ3) is 4.10. The predicted octanol–water partition coefficient (Wildman–Crippen LogP) is 1.67. The number of nitrogens with zero attached hydrogens (tertiary/aromatic N) is 1. The van der Waals surface area contributed by atoms with E-state index >= 15 is 0 Å². The van der Waals surface area contributed by atoms with Gasteiger partial charge in [-0.1, -0.05) is 24.3 Å². The number of rotatable bonds is 5. The van der Waals surface area contributed by atoms with Crippen LogP contribution in [0.2, 0.25) is 0 Å². The molecule has 2 fully saturated rings. The molecular weight excluding hydrogens is 391 g/mol. The van der Waals surface area contributed by atoms with Gasteiger partial charge in [0.15, 0.2) is 0 Å². The molecule has 0 saturated carbocycles. The fraction of sp³-hybridized carbons (Fsp3) is 0.429. The number of hydrogen-bond acceptors (Lipinski definition) is 5. The lowest BCUT2D eigenvalue weighted by Crippen LogP contribution is -2.68. The highest BCUT2D eigenvalue weighted by Gasteiger charge is 2.44. The number of thioether (sulfide) groups is 1. The van der Waals surface area contributed by atoms with Crippen LogP contribution in [0.3, 0.4) is 0 Å². The van der Waals surface area contributed by atoms with Gasteiger partial charge in [0.1, 0.15) is 17.4 Å². The molecule has 3 aliphatic rings. The van der Waals surface area contributed by atoms with Crippen LogP contribution in [0.4, 0.5) is 4.39 Å². The molecule has 0 aromatic heterocycles. The second-order valence-electron chi connectivity index (χ2n) is 7.51. The van der Waals surface area contributed by atoms with Crippen molar-refractivity contribution in [2.75, 3.05) is 19.6 Å². The van der Waals surface area contributed by atoms with Crippen molar-refractivity contribution in [2.45, 2.75) is 30.4 Å². The normalized spacial score (nSPS) is 27.7. The smallest absolute Gasteiger partial charge is 0.237 e. The molecule has 4 rings (SSSR count). The van der Waals surface area contributed by atoms with Crippen molar-refractivity contribution in [1.29, 1.82) is 0 Å². The van der Waals surface area contributed by atoms with Gasteiger partial charge in [-0.15, -0.1) is 18.3 Å². The summed E-state index contributed by atoms with van der Waals surface area (Å²) in [5.41, 5.74) is 1.35. The molecule has 3 heterocycles. The van der Waals surface area contributed by atoms with Crippen LogP contribution >= 0.6 is 11.8 Å². The maximum atomic E-state index is 14.3. The van der Waals surface area contributed by atoms with E-state index in [4.69, 9.17) is 0 Å². The first-order chi connectivity index (χ1) is 14.1. The summed E-state index contributed by atoms with van der Waals surface area (Å²) in [7, 11) is 0. The molecule has 0 bridgehead atoms. The van der Waals surface area contributed by atoms with Crippen LogP contribution in [0, 0.1) is 11.7 Å². The highest BCUT2D eigenvalue weighted by Crippen LogP contribution is 2.39. The topological polar surface area (TPSA) is 73.5 Å². The maximum absolute atomic E-state index is 14.3. The fourth-order valence-electron chi connectivity index (χ4n) is 4.14. The van der Waals surface area contributed by atoms with Crippen LogP contribution in [0.15, 0.2) is 42.3 Å². The zero-order chi connectivity index (χ0) is 20.4. The molecule has 3 unspecified atom stereocenters. The predicted molar refractivity (Wildman–Crippen MR) is 112 cm³/mol. The summed E-state index contributed by atoms with van der Waals surface area (Å²) < 4.78 is 14.3. The van der Waals surface area contributed by atoms with Gasteiger partial charge in [0, 0.05) is 31.1 Å². The van der Waals surface area contributed by atoms with Crippen LogP contribution in [-0.2, 0) is 9.59 Å². The molecule has 3 aliphatic heterocycles. The molecular formula is C21H25FN4O2S. The lowest BCUT2D eigenvalue weighted by Gasteiger charge is -2.43. The number of hydrogen-bond donors (Lipinski definition) is 3. The largest absolute Gasteiger partial charge is 0.352 e. The van der Waals surface area contributed by atoms with Crippen molar-refractivity contribution in [3.05, 3.63) is 53.7 Å². The Labute approximate surface area is 174 Å². The van der Waals surface area contributed by atoms with Crippen molar-refractivity contribution >= 4 is 29.1 Å². The van der Waals surface area contributed by atoms with E-state index < -0.39 is 0 Å². The monoisotopic (exact) mass is 416 g/mol. The summed E-state index contributed by atoms with van der Waals surface area (Å²) in [5.74, 6) is -0.288. The molecule has 154 valence electrons. The Morgan fingerprint density at radius 2 is 2.10 bits per heavy atom. The van der Waals surface area contributed by atoms with Crippen LogP contribution in [0.25, 0.3) is 5.57 Å². The lowest BCUT2D eigenvalue weighted by molar-refractivity contribution is -0.129. The Balaban J connectivity index is 1.41. The molecule has 2 saturated heterocycles. The maximum Gasteiger partial charge on any atom is 0.237 e. The minimum absolute atomic E-state index is 0.0193. The zero-order valence-electron chi connectivity index (χ0n) is 16.1. The molecule has 1 aromatic carbocycles. The number of likely N-dealkylation sites (tertiary alicyclic amines) is 1. The van der Waals surface area contributed by atoms with Crippen molar-refractivity contribution in [2.24, 2.45) is 5.92 Å². The van der Waals surface area contributed by atoms with Crippen LogP contribution in [0.1, 0.15) is 18.4 Å². The summed E-state index contributed by atoms with van der Waals surface area (Å²) in [5, 5.41) is 11.0. The van der Waals surface area contributed by atoms with Gasteiger partial charge < -0.3 is 10.6 Å². The van der Waals surface area contributed by atoms with E-state index in [2.05, 4.69) is 27.4 Å². The van der Waals surface area contributed by atoms with E-state index in [0.29, 0.717) is 25.2 Å². The molecule has 0 radical (unpaired) electrons. The van der Waals surface area contributed by atoms with Crippen molar-refractivity contribution in [3.63, 3.8) is 0 Å². The fourth-order valence-corrected chi connectivity index (χ4v) is 5.28. The summed E-state index contributed by atoms with van der Waals surface area (Å²) in [6.07, 6.45) is 2.81. The quantitative estimate of drug-likeness (QED) is 0.637. The van der Waals surface area contributed by atoms with Gasteiger partial charge in [-0.3, -0.25) is 19.8 Å². The number of carbonyl (C=O) groups is 2. The highest BCUT2D eigenvalue weighted by atomic mass is 32.2. The van der Waals surface area contributed by atoms with Crippen molar-refractivity contribution in [3.8, 4) is 0 Å². The second-order valence-corrected chi connectivity index (χ2v) is 8.52. The number of piperidine rings is 1. The first-order valence-corrected chi connectivity index (χ1v) is 10.8. The van der Waals surface area contributed by atoms with Gasteiger partial charge in [0.25, 0.3) is 0 Å². The van der Waals surface area contributed by atoms with Crippen LogP contribution in [-0.4, -0.2) is 53.9 Å². The number of halogens is 1. The molecule has 3 atom stereocenters. The van der Waals surface area contributed by atoms with Crippen molar-refractivity contribution < 1.29 is 14.0 Å². The van der Waals surface area contributed by atoms with Crippen LogP contribution < -0.4 is 16.0 Å². The number of benzene rings is 1. The van der Waals surface area contributed by atoms with Crippen molar-refractivity contribution in [1.82, 2.24) is 20.9 Å². The van der Waals surface area contributed by atoms with E-state index in [1.165, 1.54) is 17.8 Å². The number of carbonyl (C=O) groups excluding carboxylic acids is 2. The van der Waals surface area contributed by atoms with Crippen LogP contribution in [0.5, 0.6) is 0 Å².